The summed E-state index contributed by atoms with van der Waals surface area (Å²) in [6.45, 7) is 24.4. The van der Waals surface area contributed by atoms with Crippen molar-refractivity contribution in [3.05, 3.63) is 185 Å². The van der Waals surface area contributed by atoms with Crippen LogP contribution in [0.4, 0.5) is 17.1 Å². The third kappa shape index (κ3) is 5.05. The maximum atomic E-state index is 2.66. The Bertz CT molecular complexity index is 2780. The van der Waals surface area contributed by atoms with Gasteiger partial charge in [-0.15, -0.1) is 0 Å². The van der Waals surface area contributed by atoms with Gasteiger partial charge < -0.3 is 4.90 Å². The summed E-state index contributed by atoms with van der Waals surface area (Å²) in [5, 5.41) is 0. The van der Waals surface area contributed by atoms with Gasteiger partial charge in [0.2, 0.25) is 0 Å². The van der Waals surface area contributed by atoms with Crippen molar-refractivity contribution in [2.75, 3.05) is 4.90 Å². The number of benzene rings is 7. The quantitative estimate of drug-likeness (QED) is 0.148. The van der Waals surface area contributed by atoms with Gasteiger partial charge in [-0.05, 0) is 144 Å². The summed E-state index contributed by atoms with van der Waals surface area (Å²) >= 11 is 0. The minimum absolute atomic E-state index is 0.0685. The van der Waals surface area contributed by atoms with Crippen LogP contribution in [-0.2, 0) is 16.2 Å². The molecule has 0 fully saturated rings. The van der Waals surface area contributed by atoms with Gasteiger partial charge in [0.25, 0.3) is 0 Å². The van der Waals surface area contributed by atoms with Crippen LogP contribution in [0.2, 0.25) is 0 Å². The first-order chi connectivity index (χ1) is 28.8. The topological polar surface area (TPSA) is 3.24 Å². The van der Waals surface area contributed by atoms with Gasteiger partial charge in [-0.1, -0.05) is 178 Å². The monoisotopic (exact) mass is 781 g/mol. The van der Waals surface area contributed by atoms with Crippen molar-refractivity contribution in [1.29, 1.82) is 0 Å². The van der Waals surface area contributed by atoms with Gasteiger partial charge >= 0.3 is 0 Å². The number of anilines is 3. The number of nitrogens with zero attached hydrogens (tertiary/aromatic N) is 1. The van der Waals surface area contributed by atoms with Crippen LogP contribution in [0.5, 0.6) is 0 Å². The summed E-state index contributed by atoms with van der Waals surface area (Å²) < 4.78 is 0. The van der Waals surface area contributed by atoms with Gasteiger partial charge in [-0.2, -0.15) is 0 Å². The highest BCUT2D eigenvalue weighted by Gasteiger charge is 2.54. The van der Waals surface area contributed by atoms with Gasteiger partial charge in [0, 0.05) is 27.6 Å². The lowest BCUT2D eigenvalue weighted by Crippen LogP contribution is -2.39. The molecule has 10 rings (SSSR count). The van der Waals surface area contributed by atoms with E-state index in [1.807, 2.05) is 0 Å². The predicted octanol–water partition coefficient (Wildman–Crippen LogP) is 16.3. The second-order valence-corrected chi connectivity index (χ2v) is 19.7. The molecular weight excluding hydrogens is 723 g/mol. The van der Waals surface area contributed by atoms with Crippen molar-refractivity contribution in [1.82, 2.24) is 0 Å². The Morgan fingerprint density at radius 3 is 1.47 bits per heavy atom. The smallest absolute Gasteiger partial charge is 0.0509 e. The Hall–Kier alpha value is -5.66. The van der Waals surface area contributed by atoms with Gasteiger partial charge in [0.05, 0.1) is 5.69 Å². The van der Waals surface area contributed by atoms with Crippen molar-refractivity contribution < 1.29 is 0 Å². The van der Waals surface area contributed by atoms with Crippen LogP contribution < -0.4 is 4.90 Å². The van der Waals surface area contributed by atoms with Gasteiger partial charge in [-0.25, -0.2) is 0 Å². The molecule has 0 aromatic heterocycles. The molecule has 3 aliphatic carbocycles. The molecule has 0 unspecified atom stereocenters. The molecule has 0 N–H and O–H groups in total. The van der Waals surface area contributed by atoms with Crippen molar-refractivity contribution >= 4 is 17.1 Å². The summed E-state index contributed by atoms with van der Waals surface area (Å²) in [5.74, 6) is 1.55. The first-order valence-electron chi connectivity index (χ1n) is 22.5. The van der Waals surface area contributed by atoms with Gasteiger partial charge in [-0.3, -0.25) is 0 Å². The third-order valence-electron chi connectivity index (χ3n) is 15.4. The average Bonchev–Trinajstić information content (AvgIpc) is 3.80. The zero-order chi connectivity index (χ0) is 41.9. The van der Waals surface area contributed by atoms with Crippen LogP contribution in [0, 0.1) is 23.7 Å². The predicted molar refractivity (Wildman–Crippen MR) is 256 cm³/mol. The van der Waals surface area contributed by atoms with Crippen LogP contribution in [0.3, 0.4) is 0 Å². The Balaban J connectivity index is 1.25. The molecule has 0 spiro atoms. The molecule has 0 radical (unpaired) electrons. The molecule has 0 amide bonds. The molecule has 300 valence electrons. The molecule has 0 saturated carbocycles. The van der Waals surface area contributed by atoms with Crippen LogP contribution in [0.25, 0.3) is 44.5 Å². The average molecular weight is 782 g/mol. The molecule has 60 heavy (non-hydrogen) atoms. The van der Waals surface area contributed by atoms with Gasteiger partial charge in [0.15, 0.2) is 0 Å². The zero-order valence-electron chi connectivity index (χ0n) is 37.2. The van der Waals surface area contributed by atoms with Crippen LogP contribution in [0.15, 0.2) is 152 Å². The van der Waals surface area contributed by atoms with Crippen LogP contribution >= 0.6 is 0 Å². The summed E-state index contributed by atoms with van der Waals surface area (Å²) in [7, 11) is 0. The molecule has 7 aromatic rings. The molecule has 3 aliphatic rings. The minimum atomic E-state index is -0.236. The number of fused-ring (bicyclic) bond motifs is 9. The molecular formula is C59H59N. The molecule has 0 saturated heterocycles. The molecule has 7 aromatic carbocycles. The second kappa shape index (κ2) is 13.7. The molecule has 0 heterocycles. The number of rotatable bonds is 8. The lowest BCUT2D eigenvalue weighted by molar-refractivity contribution is 0.277. The fourth-order valence-corrected chi connectivity index (χ4v) is 12.9. The van der Waals surface area contributed by atoms with E-state index in [-0.39, 0.29) is 16.2 Å². The van der Waals surface area contributed by atoms with Crippen molar-refractivity contribution in [3.63, 3.8) is 0 Å². The zero-order valence-corrected chi connectivity index (χ0v) is 37.2. The van der Waals surface area contributed by atoms with Crippen LogP contribution in [-0.4, -0.2) is 0 Å². The fourth-order valence-electron chi connectivity index (χ4n) is 12.9. The summed E-state index contributed by atoms with van der Waals surface area (Å²) in [6.07, 6.45) is 0. The van der Waals surface area contributed by atoms with E-state index in [2.05, 4.69) is 226 Å². The highest BCUT2D eigenvalue weighted by atomic mass is 15.1. The van der Waals surface area contributed by atoms with E-state index in [1.165, 1.54) is 95.0 Å². The largest absolute Gasteiger partial charge is 0.310 e. The maximum Gasteiger partial charge on any atom is 0.0509 e. The maximum absolute atomic E-state index is 2.66. The fraction of sp³-hybridized carbons (Fsp3) is 0.288. The van der Waals surface area contributed by atoms with E-state index < -0.39 is 0 Å². The van der Waals surface area contributed by atoms with Crippen molar-refractivity contribution in [3.8, 4) is 44.5 Å². The first kappa shape index (κ1) is 38.5. The lowest BCUT2D eigenvalue weighted by atomic mass is 9.61. The summed E-state index contributed by atoms with van der Waals surface area (Å²) in [5.41, 5.74) is 22.7. The summed E-state index contributed by atoms with van der Waals surface area (Å²) in [6, 6.07) is 58.1. The second-order valence-electron chi connectivity index (χ2n) is 19.7. The first-order valence-corrected chi connectivity index (χ1v) is 22.5. The Morgan fingerprint density at radius 2 is 0.833 bits per heavy atom. The Morgan fingerprint density at radius 1 is 0.350 bits per heavy atom. The van der Waals surface area contributed by atoms with E-state index in [0.717, 1.165) is 0 Å². The molecule has 0 atom stereocenters. The Labute approximate surface area is 359 Å². The highest BCUT2D eigenvalue weighted by molar-refractivity contribution is 5.96. The molecule has 0 bridgehead atoms. The Kier molecular flexibility index (Phi) is 8.79. The van der Waals surface area contributed by atoms with Crippen molar-refractivity contribution in [2.24, 2.45) is 23.7 Å². The van der Waals surface area contributed by atoms with E-state index in [4.69, 9.17) is 0 Å². The standard InChI is InChI=1S/C59H59N/c1-36(2)58(37(3)4)51-25-17-15-22-45(51)48-34-54-49(35-53(48)58)47-23-18-26-55(56(47)59(54,38(5)6)39(7)8)60(42-29-27-41(28-30-42)40-19-12-11-13-20-40)43-31-32-46-44-21-14-16-24-50(44)57(9,10)52(46)33-43/h11-39H,1-10H3. The highest BCUT2D eigenvalue weighted by Crippen LogP contribution is 2.65. The number of hydrogen-bond acceptors (Lipinski definition) is 1. The minimum Gasteiger partial charge on any atom is -0.310 e. The normalized spacial score (nSPS) is 15.8. The third-order valence-corrected chi connectivity index (χ3v) is 15.4. The molecule has 1 nitrogen and oxygen atoms in total. The SMILES string of the molecule is CC(C)C1(C(C)C)c2ccccc2-c2cc3c(cc21)-c1cccc(N(c2ccc(-c4ccccc4)cc2)c2ccc4c(c2)C(C)(C)c2ccccc2-4)c1C3(C(C)C)C(C)C. The van der Waals surface area contributed by atoms with Crippen LogP contribution in [0.1, 0.15) is 103 Å². The van der Waals surface area contributed by atoms with E-state index >= 15 is 0 Å². The summed E-state index contributed by atoms with van der Waals surface area (Å²) in [4.78, 5) is 2.59. The van der Waals surface area contributed by atoms with Crippen molar-refractivity contribution in [2.45, 2.75) is 85.5 Å². The van der Waals surface area contributed by atoms with Gasteiger partial charge in [0.1, 0.15) is 0 Å². The van der Waals surface area contributed by atoms with E-state index in [0.29, 0.717) is 23.7 Å². The van der Waals surface area contributed by atoms with E-state index in [9.17, 15) is 0 Å². The lowest BCUT2D eigenvalue weighted by Gasteiger charge is -2.43. The molecule has 1 heteroatoms. The molecule has 0 aliphatic heterocycles. The van der Waals surface area contributed by atoms with E-state index in [1.54, 1.807) is 0 Å². The number of hydrogen-bond donors (Lipinski definition) is 0.